The van der Waals surface area contributed by atoms with Crippen LogP contribution < -0.4 is 5.73 Å². The molecule has 4 rings (SSSR count). The molecule has 1 spiro atoms. The van der Waals surface area contributed by atoms with E-state index in [4.69, 9.17) is 10.5 Å². The van der Waals surface area contributed by atoms with Gasteiger partial charge in [-0.05, 0) is 6.92 Å². The molecule has 9 nitrogen and oxygen atoms in total. The van der Waals surface area contributed by atoms with Crippen LogP contribution in [0.5, 0.6) is 0 Å². The van der Waals surface area contributed by atoms with Gasteiger partial charge in [0.2, 0.25) is 9.84 Å². The standard InChI is InChI=1S/C13H18FN5O4S/c1-12(14)7-6(3-20)8(7)23-5-13(12)4-16-10-9(15)17-11(18-19(10)13)24(2,21)22/h6-8,20H,3-5H2,1-2H3,(H2,15,17,18). The fourth-order valence-corrected chi connectivity index (χ4v) is 4.44. The molecule has 1 aliphatic carbocycles. The number of hydrazone groups is 1. The van der Waals surface area contributed by atoms with Gasteiger partial charge in [0.05, 0.1) is 19.3 Å². The molecule has 0 aromatic heterocycles. The average Bonchev–Trinajstić information content (AvgIpc) is 3.10. The van der Waals surface area contributed by atoms with E-state index in [2.05, 4.69) is 15.1 Å². The summed E-state index contributed by atoms with van der Waals surface area (Å²) < 4.78 is 45.2. The normalized spacial score (nSPS) is 43.8. The first-order chi connectivity index (χ1) is 11.1. The number of sulfone groups is 1. The largest absolute Gasteiger partial charge is 0.396 e. The number of rotatable bonds is 1. The highest BCUT2D eigenvalue weighted by Crippen LogP contribution is 2.60. The number of hydrogen-bond acceptors (Lipinski definition) is 9. The number of alkyl halides is 1. The Kier molecular flexibility index (Phi) is 3.00. The van der Waals surface area contributed by atoms with Crippen LogP contribution in [0.4, 0.5) is 4.39 Å². The first-order valence-corrected chi connectivity index (χ1v) is 9.42. The zero-order chi connectivity index (χ0) is 17.5. The minimum Gasteiger partial charge on any atom is -0.396 e. The van der Waals surface area contributed by atoms with Gasteiger partial charge in [0.15, 0.2) is 11.7 Å². The molecule has 4 aliphatic rings. The Morgan fingerprint density at radius 3 is 2.88 bits per heavy atom. The van der Waals surface area contributed by atoms with Crippen molar-refractivity contribution in [1.82, 2.24) is 5.01 Å². The number of nitrogens with zero attached hydrogens (tertiary/aromatic N) is 4. The summed E-state index contributed by atoms with van der Waals surface area (Å²) in [6, 6.07) is 0. The Morgan fingerprint density at radius 2 is 2.25 bits per heavy atom. The van der Waals surface area contributed by atoms with Crippen molar-refractivity contribution in [2.24, 2.45) is 32.7 Å². The number of fused-ring (bicyclic) bond motifs is 3. The van der Waals surface area contributed by atoms with Crippen molar-refractivity contribution in [2.45, 2.75) is 24.2 Å². The van der Waals surface area contributed by atoms with E-state index in [1.165, 1.54) is 11.9 Å². The summed E-state index contributed by atoms with van der Waals surface area (Å²) in [6.45, 7) is 1.25. The van der Waals surface area contributed by atoms with Crippen LogP contribution in [0.15, 0.2) is 15.1 Å². The number of nitrogens with two attached hydrogens (primary N) is 1. The van der Waals surface area contributed by atoms with Crippen molar-refractivity contribution in [1.29, 1.82) is 0 Å². The van der Waals surface area contributed by atoms with Gasteiger partial charge < -0.3 is 15.6 Å². The van der Waals surface area contributed by atoms with Gasteiger partial charge in [-0.1, -0.05) is 0 Å². The molecule has 5 atom stereocenters. The third kappa shape index (κ3) is 1.80. The second kappa shape index (κ2) is 4.52. The van der Waals surface area contributed by atoms with Gasteiger partial charge in [0.1, 0.15) is 11.2 Å². The van der Waals surface area contributed by atoms with Gasteiger partial charge in [0, 0.05) is 24.7 Å². The molecule has 0 aromatic carbocycles. The maximum Gasteiger partial charge on any atom is 0.267 e. The molecule has 11 heteroatoms. The van der Waals surface area contributed by atoms with Crippen molar-refractivity contribution in [3.63, 3.8) is 0 Å². The van der Waals surface area contributed by atoms with Crippen LogP contribution >= 0.6 is 0 Å². The van der Waals surface area contributed by atoms with E-state index in [0.717, 1.165) is 6.26 Å². The summed E-state index contributed by atoms with van der Waals surface area (Å²) in [7, 11) is -3.73. The summed E-state index contributed by atoms with van der Waals surface area (Å²) >= 11 is 0. The molecule has 2 fully saturated rings. The second-order valence-corrected chi connectivity index (χ2v) is 8.77. The fourth-order valence-electron chi connectivity index (χ4n) is 3.94. The van der Waals surface area contributed by atoms with Crippen LogP contribution in [-0.4, -0.2) is 78.7 Å². The molecule has 132 valence electrons. The molecule has 3 aliphatic heterocycles. The number of hydrogen-bond donors (Lipinski definition) is 2. The van der Waals surface area contributed by atoms with Gasteiger partial charge in [-0.25, -0.2) is 17.8 Å². The third-order valence-electron chi connectivity index (χ3n) is 5.42. The molecule has 0 amide bonds. The highest BCUT2D eigenvalue weighted by atomic mass is 32.2. The lowest BCUT2D eigenvalue weighted by atomic mass is 9.77. The smallest absolute Gasteiger partial charge is 0.267 e. The zero-order valence-electron chi connectivity index (χ0n) is 13.2. The van der Waals surface area contributed by atoms with E-state index in [9.17, 15) is 13.5 Å². The van der Waals surface area contributed by atoms with Crippen LogP contribution in [-0.2, 0) is 14.6 Å². The van der Waals surface area contributed by atoms with E-state index in [-0.39, 0.29) is 43.5 Å². The molecular formula is C13H18FN5O4S. The van der Waals surface area contributed by atoms with E-state index in [1.807, 2.05) is 0 Å². The maximum absolute atomic E-state index is 15.8. The Labute approximate surface area is 138 Å². The quantitative estimate of drug-likeness (QED) is 0.585. The van der Waals surface area contributed by atoms with Gasteiger partial charge >= 0.3 is 0 Å². The van der Waals surface area contributed by atoms with Gasteiger partial charge in [-0.15, -0.1) is 5.10 Å². The topological polar surface area (TPSA) is 130 Å². The molecule has 0 aromatic rings. The molecule has 0 radical (unpaired) electrons. The lowest BCUT2D eigenvalue weighted by Crippen LogP contribution is -2.67. The Morgan fingerprint density at radius 1 is 1.54 bits per heavy atom. The molecule has 1 saturated heterocycles. The van der Waals surface area contributed by atoms with Gasteiger partial charge in [-0.2, -0.15) is 4.99 Å². The molecule has 1 saturated carbocycles. The minimum absolute atomic E-state index is 0.0213. The predicted octanol–water partition coefficient (Wildman–Crippen LogP) is -1.51. The molecule has 3 N–H and O–H groups in total. The van der Waals surface area contributed by atoms with Gasteiger partial charge in [0.25, 0.3) is 5.17 Å². The molecule has 24 heavy (non-hydrogen) atoms. The van der Waals surface area contributed by atoms with Gasteiger partial charge in [-0.3, -0.25) is 4.99 Å². The SMILES string of the molecule is CC1(F)C2C(CO)C2OCC12CN=C1C(N)=NC(S(C)(=O)=O)=NN12. The zero-order valence-corrected chi connectivity index (χ0v) is 14.0. The first-order valence-electron chi connectivity index (χ1n) is 7.53. The number of aliphatic hydroxyl groups excluding tert-OH is 1. The average molecular weight is 359 g/mol. The van der Waals surface area contributed by atoms with Crippen LogP contribution in [0.25, 0.3) is 0 Å². The summed E-state index contributed by atoms with van der Waals surface area (Å²) in [5.74, 6) is -0.746. The first kappa shape index (κ1) is 15.9. The minimum atomic E-state index is -3.73. The highest BCUT2D eigenvalue weighted by molar-refractivity contribution is 8.05. The lowest BCUT2D eigenvalue weighted by Gasteiger charge is -2.47. The van der Waals surface area contributed by atoms with E-state index >= 15 is 4.39 Å². The number of amidine groups is 3. The number of ether oxygens (including phenoxy) is 1. The Bertz CT molecular complexity index is 803. The number of aliphatic hydroxyl groups is 1. The molecular weight excluding hydrogens is 341 g/mol. The predicted molar refractivity (Wildman–Crippen MR) is 84.1 cm³/mol. The molecule has 0 bridgehead atoms. The maximum atomic E-state index is 15.8. The third-order valence-corrected chi connectivity index (χ3v) is 6.25. The fraction of sp³-hybridized carbons (Fsp3) is 0.769. The lowest BCUT2D eigenvalue weighted by molar-refractivity contribution is -0.117. The van der Waals surface area contributed by atoms with Crippen LogP contribution in [0, 0.1) is 11.8 Å². The van der Waals surface area contributed by atoms with Crippen molar-refractivity contribution in [3.8, 4) is 0 Å². The van der Waals surface area contributed by atoms with Crippen molar-refractivity contribution in [3.05, 3.63) is 0 Å². The summed E-state index contributed by atoms with van der Waals surface area (Å²) in [4.78, 5) is 8.00. The van der Waals surface area contributed by atoms with E-state index < -0.39 is 32.1 Å². The highest BCUT2D eigenvalue weighted by Gasteiger charge is 2.74. The van der Waals surface area contributed by atoms with Crippen molar-refractivity contribution < 1.29 is 22.7 Å². The number of halogens is 1. The van der Waals surface area contributed by atoms with Crippen LogP contribution in [0.1, 0.15) is 6.92 Å². The summed E-state index contributed by atoms with van der Waals surface area (Å²) in [6.07, 6.45) is 0.618. The Hall–Kier alpha value is -1.59. The molecule has 3 heterocycles. The monoisotopic (exact) mass is 359 g/mol. The summed E-state index contributed by atoms with van der Waals surface area (Å²) in [5.41, 5.74) is 2.72. The summed E-state index contributed by atoms with van der Waals surface area (Å²) in [5, 5.41) is 14.1. The van der Waals surface area contributed by atoms with Crippen molar-refractivity contribution >= 4 is 26.7 Å². The van der Waals surface area contributed by atoms with E-state index in [1.54, 1.807) is 0 Å². The van der Waals surface area contributed by atoms with Crippen LogP contribution in [0.3, 0.4) is 0 Å². The molecule has 5 unspecified atom stereocenters. The Balaban J connectivity index is 1.79. The van der Waals surface area contributed by atoms with Crippen molar-refractivity contribution in [2.75, 3.05) is 26.0 Å². The number of aliphatic imine (C=N–C) groups is 2. The van der Waals surface area contributed by atoms with E-state index in [0.29, 0.717) is 0 Å². The van der Waals surface area contributed by atoms with Crippen LogP contribution in [0.2, 0.25) is 0 Å². The second-order valence-electron chi connectivity index (χ2n) is 6.86.